The van der Waals surface area contributed by atoms with Gasteiger partial charge in [-0.1, -0.05) is 26.2 Å². The Morgan fingerprint density at radius 1 is 1.35 bits per heavy atom. The Morgan fingerprint density at radius 3 is 2.94 bits per heavy atom. The van der Waals surface area contributed by atoms with Crippen LogP contribution in [0.3, 0.4) is 0 Å². The molecule has 1 saturated heterocycles. The quantitative estimate of drug-likeness (QED) is 0.803. The van der Waals surface area contributed by atoms with Gasteiger partial charge < -0.3 is 15.2 Å². The van der Waals surface area contributed by atoms with Crippen LogP contribution in [0.25, 0.3) is 0 Å². The molecule has 1 saturated carbocycles. The molecule has 0 aromatic heterocycles. The molecule has 2 aliphatic rings. The molecule has 0 radical (unpaired) electrons. The molecule has 1 heterocycles. The van der Waals surface area contributed by atoms with Crippen molar-refractivity contribution in [3.8, 4) is 0 Å². The van der Waals surface area contributed by atoms with Crippen molar-refractivity contribution < 1.29 is 9.47 Å². The average Bonchev–Trinajstić information content (AvgIpc) is 2.90. The van der Waals surface area contributed by atoms with Crippen LogP contribution in [0.2, 0.25) is 0 Å². The fourth-order valence-corrected chi connectivity index (χ4v) is 3.04. The predicted molar refractivity (Wildman–Crippen MR) is 68.9 cm³/mol. The van der Waals surface area contributed by atoms with Gasteiger partial charge >= 0.3 is 0 Å². The van der Waals surface area contributed by atoms with Crippen LogP contribution in [0, 0.1) is 11.8 Å². The number of hydrogen-bond acceptors (Lipinski definition) is 3. The zero-order valence-corrected chi connectivity index (χ0v) is 11.1. The van der Waals surface area contributed by atoms with Gasteiger partial charge in [0.05, 0.1) is 19.3 Å². The Bertz CT molecular complexity index is 216. The minimum atomic E-state index is 0.166. The summed E-state index contributed by atoms with van der Waals surface area (Å²) in [4.78, 5) is 0. The first-order valence-corrected chi connectivity index (χ1v) is 7.24. The maximum Gasteiger partial charge on any atom is 0.0624 e. The van der Waals surface area contributed by atoms with E-state index < -0.39 is 0 Å². The lowest BCUT2D eigenvalue weighted by Crippen LogP contribution is -2.37. The van der Waals surface area contributed by atoms with Crippen LogP contribution in [0.15, 0.2) is 0 Å². The third kappa shape index (κ3) is 3.94. The summed E-state index contributed by atoms with van der Waals surface area (Å²) >= 11 is 0. The highest BCUT2D eigenvalue weighted by molar-refractivity contribution is 4.78. The zero-order chi connectivity index (χ0) is 12.1. The summed E-state index contributed by atoms with van der Waals surface area (Å²) in [6, 6.07) is 0.166. The molecule has 4 unspecified atom stereocenters. The van der Waals surface area contributed by atoms with E-state index in [4.69, 9.17) is 15.2 Å². The first kappa shape index (κ1) is 13.3. The highest BCUT2D eigenvalue weighted by Gasteiger charge is 2.26. The van der Waals surface area contributed by atoms with Gasteiger partial charge in [0.2, 0.25) is 0 Å². The van der Waals surface area contributed by atoms with Crippen LogP contribution in [0.5, 0.6) is 0 Å². The Balaban J connectivity index is 1.66. The Labute approximate surface area is 105 Å². The number of ether oxygens (including phenoxy) is 2. The van der Waals surface area contributed by atoms with Crippen molar-refractivity contribution in [1.82, 2.24) is 0 Å². The molecule has 4 atom stereocenters. The summed E-state index contributed by atoms with van der Waals surface area (Å²) < 4.78 is 11.4. The zero-order valence-electron chi connectivity index (χ0n) is 11.1. The van der Waals surface area contributed by atoms with E-state index in [2.05, 4.69) is 6.92 Å². The fraction of sp³-hybridized carbons (Fsp3) is 1.00. The first-order valence-electron chi connectivity index (χ1n) is 7.24. The van der Waals surface area contributed by atoms with E-state index >= 15 is 0 Å². The summed E-state index contributed by atoms with van der Waals surface area (Å²) in [5, 5.41) is 0. The molecule has 2 rings (SSSR count). The number of rotatable bonds is 5. The maximum atomic E-state index is 6.16. The molecule has 2 fully saturated rings. The van der Waals surface area contributed by atoms with E-state index in [9.17, 15) is 0 Å². The van der Waals surface area contributed by atoms with Gasteiger partial charge in [0, 0.05) is 18.6 Å². The topological polar surface area (TPSA) is 44.5 Å². The van der Waals surface area contributed by atoms with Crippen LogP contribution in [0.1, 0.15) is 45.4 Å². The molecular weight excluding hydrogens is 214 g/mol. The smallest absolute Gasteiger partial charge is 0.0624 e. The van der Waals surface area contributed by atoms with Crippen LogP contribution < -0.4 is 5.73 Å². The molecule has 0 bridgehead atoms. The largest absolute Gasteiger partial charge is 0.381 e. The standard InChI is InChI=1S/C14H27NO2/c1-2-11-4-3-5-13(8-11)17-10-14(15)12-6-7-16-9-12/h11-14H,2-10,15H2,1H3. The van der Waals surface area contributed by atoms with Crippen molar-refractivity contribution in [2.45, 2.75) is 57.6 Å². The van der Waals surface area contributed by atoms with Crippen molar-refractivity contribution >= 4 is 0 Å². The molecule has 3 nitrogen and oxygen atoms in total. The lowest BCUT2D eigenvalue weighted by molar-refractivity contribution is -0.00131. The van der Waals surface area contributed by atoms with Crippen LogP contribution >= 0.6 is 0 Å². The van der Waals surface area contributed by atoms with Crippen LogP contribution in [-0.4, -0.2) is 32.0 Å². The van der Waals surface area contributed by atoms with E-state index in [1.807, 2.05) is 0 Å². The average molecular weight is 241 g/mol. The molecule has 1 aliphatic heterocycles. The molecule has 0 aromatic rings. The number of hydrogen-bond donors (Lipinski definition) is 1. The van der Waals surface area contributed by atoms with E-state index in [1.54, 1.807) is 0 Å². The fourth-order valence-electron chi connectivity index (χ4n) is 3.04. The second-order valence-electron chi connectivity index (χ2n) is 5.68. The summed E-state index contributed by atoms with van der Waals surface area (Å²) in [7, 11) is 0. The summed E-state index contributed by atoms with van der Waals surface area (Å²) in [6.07, 6.45) is 8.04. The molecule has 100 valence electrons. The van der Waals surface area contributed by atoms with Crippen molar-refractivity contribution in [2.24, 2.45) is 17.6 Å². The van der Waals surface area contributed by atoms with Gasteiger partial charge in [0.15, 0.2) is 0 Å². The Morgan fingerprint density at radius 2 is 2.24 bits per heavy atom. The van der Waals surface area contributed by atoms with Gasteiger partial charge in [-0.3, -0.25) is 0 Å². The predicted octanol–water partition coefficient (Wildman–Crippen LogP) is 2.34. The molecule has 3 heteroatoms. The first-order chi connectivity index (χ1) is 8.29. The highest BCUT2D eigenvalue weighted by Crippen LogP contribution is 2.28. The monoisotopic (exact) mass is 241 g/mol. The van der Waals surface area contributed by atoms with Gasteiger partial charge in [-0.05, 0) is 25.2 Å². The molecule has 0 aromatic carbocycles. The minimum absolute atomic E-state index is 0.166. The lowest BCUT2D eigenvalue weighted by atomic mass is 9.85. The van der Waals surface area contributed by atoms with E-state index in [0.717, 1.165) is 32.2 Å². The highest BCUT2D eigenvalue weighted by atomic mass is 16.5. The van der Waals surface area contributed by atoms with Crippen molar-refractivity contribution in [3.05, 3.63) is 0 Å². The normalized spacial score (nSPS) is 36.0. The SMILES string of the molecule is CCC1CCCC(OCC(N)C2CCOC2)C1. The van der Waals surface area contributed by atoms with Gasteiger partial charge in [-0.25, -0.2) is 0 Å². The summed E-state index contributed by atoms with van der Waals surface area (Å²) in [5.41, 5.74) is 6.16. The van der Waals surface area contributed by atoms with Crippen molar-refractivity contribution in [3.63, 3.8) is 0 Å². The summed E-state index contributed by atoms with van der Waals surface area (Å²) in [5.74, 6) is 1.39. The summed E-state index contributed by atoms with van der Waals surface area (Å²) in [6.45, 7) is 4.70. The van der Waals surface area contributed by atoms with Crippen LogP contribution in [-0.2, 0) is 9.47 Å². The Hall–Kier alpha value is -0.120. The number of nitrogens with two attached hydrogens (primary N) is 1. The second-order valence-corrected chi connectivity index (χ2v) is 5.68. The van der Waals surface area contributed by atoms with Gasteiger partial charge in [-0.2, -0.15) is 0 Å². The van der Waals surface area contributed by atoms with E-state index in [-0.39, 0.29) is 6.04 Å². The van der Waals surface area contributed by atoms with Crippen molar-refractivity contribution in [1.29, 1.82) is 0 Å². The van der Waals surface area contributed by atoms with Crippen molar-refractivity contribution in [2.75, 3.05) is 19.8 Å². The second kappa shape index (κ2) is 6.72. The Kier molecular flexibility index (Phi) is 5.26. The van der Waals surface area contributed by atoms with Gasteiger partial charge in [-0.15, -0.1) is 0 Å². The molecule has 0 spiro atoms. The van der Waals surface area contributed by atoms with E-state index in [0.29, 0.717) is 12.0 Å². The minimum Gasteiger partial charge on any atom is -0.381 e. The maximum absolute atomic E-state index is 6.16. The molecule has 0 amide bonds. The molecule has 17 heavy (non-hydrogen) atoms. The third-order valence-electron chi connectivity index (χ3n) is 4.41. The van der Waals surface area contributed by atoms with Crippen LogP contribution in [0.4, 0.5) is 0 Å². The molecule has 2 N–H and O–H groups in total. The molecule has 1 aliphatic carbocycles. The lowest BCUT2D eigenvalue weighted by Gasteiger charge is -2.30. The van der Waals surface area contributed by atoms with Gasteiger partial charge in [0.25, 0.3) is 0 Å². The van der Waals surface area contributed by atoms with E-state index in [1.165, 1.54) is 32.1 Å². The third-order valence-corrected chi connectivity index (χ3v) is 4.41. The molecular formula is C14H27NO2. The van der Waals surface area contributed by atoms with Gasteiger partial charge in [0.1, 0.15) is 0 Å².